The molecule has 3 nitrogen and oxygen atoms in total. The summed E-state index contributed by atoms with van der Waals surface area (Å²) in [6.45, 7) is 0. The van der Waals surface area contributed by atoms with E-state index in [0.717, 1.165) is 3.57 Å². The van der Waals surface area contributed by atoms with Gasteiger partial charge in [0.25, 0.3) is 5.91 Å². The second kappa shape index (κ2) is 6.27. The lowest BCUT2D eigenvalue weighted by molar-refractivity contribution is 0.102. The molecule has 0 aromatic heterocycles. The molecule has 2 aromatic carbocycles. The molecule has 0 saturated heterocycles. The van der Waals surface area contributed by atoms with Crippen molar-refractivity contribution in [2.24, 2.45) is 5.73 Å². The van der Waals surface area contributed by atoms with Crippen LogP contribution in [0.4, 0.5) is 10.1 Å². The predicted octanol–water partition coefficient (Wildman–Crippen LogP) is 3.32. The lowest BCUT2D eigenvalue weighted by Crippen LogP contribution is -2.15. The van der Waals surface area contributed by atoms with E-state index in [1.807, 2.05) is 6.07 Å². The Kier molecular flexibility index (Phi) is 4.66. The van der Waals surface area contributed by atoms with Gasteiger partial charge in [0, 0.05) is 20.4 Å². The maximum absolute atomic E-state index is 13.5. The number of hydrogen-bond acceptors (Lipinski definition) is 2. The first-order valence-corrected chi connectivity index (χ1v) is 7.12. The first-order chi connectivity index (χ1) is 9.47. The predicted molar refractivity (Wildman–Crippen MR) is 89.4 cm³/mol. The number of benzene rings is 2. The highest BCUT2D eigenvalue weighted by atomic mass is 127. The molecular weight excluding hydrogens is 390 g/mol. The maximum Gasteiger partial charge on any atom is 0.255 e. The van der Waals surface area contributed by atoms with Crippen LogP contribution in [0.25, 0.3) is 0 Å². The van der Waals surface area contributed by atoms with Crippen molar-refractivity contribution in [3.63, 3.8) is 0 Å². The van der Waals surface area contributed by atoms with Crippen LogP contribution in [0.15, 0.2) is 42.5 Å². The Morgan fingerprint density at radius 1 is 1.25 bits per heavy atom. The molecule has 2 aromatic rings. The minimum Gasteiger partial charge on any atom is -0.389 e. The van der Waals surface area contributed by atoms with Crippen molar-refractivity contribution in [2.45, 2.75) is 0 Å². The Bertz CT molecular complexity index is 691. The normalized spacial score (nSPS) is 10.1. The number of rotatable bonds is 3. The van der Waals surface area contributed by atoms with Gasteiger partial charge < -0.3 is 11.1 Å². The number of halogens is 2. The van der Waals surface area contributed by atoms with Gasteiger partial charge in [-0.1, -0.05) is 18.3 Å². The topological polar surface area (TPSA) is 55.1 Å². The lowest BCUT2D eigenvalue weighted by atomic mass is 10.1. The van der Waals surface area contributed by atoms with Crippen LogP contribution in [0.5, 0.6) is 0 Å². The molecule has 20 heavy (non-hydrogen) atoms. The minimum absolute atomic E-state index is 0.0483. The Morgan fingerprint density at radius 2 is 2.00 bits per heavy atom. The number of carbonyl (C=O) groups excluding carboxylic acids is 1. The third-order valence-corrected chi connectivity index (χ3v) is 3.47. The van der Waals surface area contributed by atoms with Gasteiger partial charge in [0.15, 0.2) is 0 Å². The number of thiocarbonyl (C=S) groups is 1. The minimum atomic E-state index is -0.509. The Hall–Kier alpha value is -1.54. The molecule has 0 bridgehead atoms. The lowest BCUT2D eigenvalue weighted by Gasteiger charge is -2.08. The van der Waals surface area contributed by atoms with Gasteiger partial charge in [0.1, 0.15) is 10.8 Å². The summed E-state index contributed by atoms with van der Waals surface area (Å²) in [5.74, 6) is -0.784. The Balaban J connectivity index is 2.24. The van der Waals surface area contributed by atoms with E-state index in [-0.39, 0.29) is 16.5 Å². The smallest absolute Gasteiger partial charge is 0.255 e. The van der Waals surface area contributed by atoms with Crippen molar-refractivity contribution in [3.05, 3.63) is 63.0 Å². The fraction of sp³-hybridized carbons (Fsp3) is 0. The zero-order valence-corrected chi connectivity index (χ0v) is 13.2. The molecule has 1 amide bonds. The van der Waals surface area contributed by atoms with E-state index < -0.39 is 5.82 Å². The zero-order valence-electron chi connectivity index (χ0n) is 10.2. The average molecular weight is 400 g/mol. The van der Waals surface area contributed by atoms with E-state index >= 15 is 0 Å². The summed E-state index contributed by atoms with van der Waals surface area (Å²) in [6.07, 6.45) is 0. The van der Waals surface area contributed by atoms with Gasteiger partial charge >= 0.3 is 0 Å². The second-order valence-corrected chi connectivity index (χ2v) is 5.71. The summed E-state index contributed by atoms with van der Waals surface area (Å²) in [7, 11) is 0. The van der Waals surface area contributed by atoms with E-state index in [1.165, 1.54) is 18.2 Å². The van der Waals surface area contributed by atoms with Crippen LogP contribution in [-0.2, 0) is 0 Å². The van der Waals surface area contributed by atoms with Gasteiger partial charge in [-0.3, -0.25) is 4.79 Å². The van der Waals surface area contributed by atoms with Crippen LogP contribution < -0.4 is 11.1 Å². The molecule has 0 aliphatic rings. The Morgan fingerprint density at radius 3 is 2.65 bits per heavy atom. The molecule has 0 saturated carbocycles. The highest BCUT2D eigenvalue weighted by Crippen LogP contribution is 2.16. The molecule has 102 valence electrons. The molecule has 0 unspecified atom stereocenters. The maximum atomic E-state index is 13.5. The van der Waals surface area contributed by atoms with Gasteiger partial charge in [-0.2, -0.15) is 0 Å². The van der Waals surface area contributed by atoms with Crippen molar-refractivity contribution < 1.29 is 9.18 Å². The third-order valence-electron chi connectivity index (χ3n) is 2.58. The van der Waals surface area contributed by atoms with E-state index in [2.05, 4.69) is 27.9 Å². The number of nitrogens with one attached hydrogen (secondary N) is 1. The van der Waals surface area contributed by atoms with Gasteiger partial charge in [-0.25, -0.2) is 4.39 Å². The average Bonchev–Trinajstić information content (AvgIpc) is 2.40. The van der Waals surface area contributed by atoms with Crippen LogP contribution in [0.1, 0.15) is 15.9 Å². The van der Waals surface area contributed by atoms with Crippen LogP contribution in [0.3, 0.4) is 0 Å². The van der Waals surface area contributed by atoms with E-state index in [1.54, 1.807) is 18.2 Å². The van der Waals surface area contributed by atoms with Crippen LogP contribution >= 0.6 is 34.8 Å². The molecule has 0 fully saturated rings. The molecule has 0 spiro atoms. The molecule has 0 heterocycles. The number of nitrogens with two attached hydrogens (primary N) is 1. The molecule has 3 N–H and O–H groups in total. The van der Waals surface area contributed by atoms with Crippen LogP contribution in [0, 0.1) is 9.39 Å². The molecule has 6 heteroatoms. The highest BCUT2D eigenvalue weighted by Gasteiger charge is 2.10. The van der Waals surface area contributed by atoms with Crippen molar-refractivity contribution in [2.75, 3.05) is 5.32 Å². The van der Waals surface area contributed by atoms with Crippen molar-refractivity contribution in [1.29, 1.82) is 0 Å². The van der Waals surface area contributed by atoms with Crippen LogP contribution in [-0.4, -0.2) is 10.9 Å². The monoisotopic (exact) mass is 400 g/mol. The first-order valence-electron chi connectivity index (χ1n) is 5.63. The zero-order chi connectivity index (χ0) is 14.7. The standard InChI is InChI=1S/C14H10FIN2OS/c15-12-5-4-10(7-11(12)13(17)20)18-14(19)8-2-1-3-9(16)6-8/h1-7H,(H2,17,20)(H,18,19). The number of anilines is 1. The summed E-state index contributed by atoms with van der Waals surface area (Å²) < 4.78 is 14.4. The van der Waals surface area contributed by atoms with E-state index in [4.69, 9.17) is 18.0 Å². The summed E-state index contributed by atoms with van der Waals surface area (Å²) in [6, 6.07) is 11.2. The van der Waals surface area contributed by atoms with Gasteiger partial charge in [0.2, 0.25) is 0 Å². The quantitative estimate of drug-likeness (QED) is 0.614. The summed E-state index contributed by atoms with van der Waals surface area (Å²) in [4.78, 5) is 12.0. The fourth-order valence-corrected chi connectivity index (χ4v) is 2.32. The fourth-order valence-electron chi connectivity index (χ4n) is 1.62. The summed E-state index contributed by atoms with van der Waals surface area (Å²) >= 11 is 6.88. The van der Waals surface area contributed by atoms with Crippen molar-refractivity contribution >= 4 is 51.4 Å². The van der Waals surface area contributed by atoms with Crippen molar-refractivity contribution in [1.82, 2.24) is 0 Å². The molecule has 2 rings (SSSR count). The second-order valence-electron chi connectivity index (χ2n) is 4.02. The van der Waals surface area contributed by atoms with Gasteiger partial charge in [-0.05, 0) is 59.0 Å². The highest BCUT2D eigenvalue weighted by molar-refractivity contribution is 14.1. The van der Waals surface area contributed by atoms with Gasteiger partial charge in [-0.15, -0.1) is 0 Å². The Labute approximate surface area is 134 Å². The first kappa shape index (κ1) is 14.9. The van der Waals surface area contributed by atoms with E-state index in [0.29, 0.717) is 11.3 Å². The summed E-state index contributed by atoms with van der Waals surface area (Å²) in [5, 5.41) is 2.68. The van der Waals surface area contributed by atoms with Crippen LogP contribution in [0.2, 0.25) is 0 Å². The number of amides is 1. The van der Waals surface area contributed by atoms with Gasteiger partial charge in [0.05, 0.1) is 0 Å². The molecule has 0 radical (unpaired) electrons. The molecule has 0 aliphatic heterocycles. The van der Waals surface area contributed by atoms with E-state index in [9.17, 15) is 9.18 Å². The largest absolute Gasteiger partial charge is 0.389 e. The number of hydrogen-bond donors (Lipinski definition) is 2. The molecular formula is C14H10FIN2OS. The number of carbonyl (C=O) groups is 1. The SMILES string of the molecule is NC(=S)c1cc(NC(=O)c2cccc(I)c2)ccc1F. The molecule has 0 atom stereocenters. The molecule has 0 aliphatic carbocycles. The summed E-state index contributed by atoms with van der Waals surface area (Å²) in [5.41, 5.74) is 6.50. The third kappa shape index (κ3) is 3.51. The van der Waals surface area contributed by atoms with Crippen molar-refractivity contribution in [3.8, 4) is 0 Å².